The summed E-state index contributed by atoms with van der Waals surface area (Å²) in [4.78, 5) is 11.6. The molecule has 0 amide bonds. The lowest BCUT2D eigenvalue weighted by atomic mass is 10.3. The normalized spacial score (nSPS) is 11.2. The Bertz CT molecular complexity index is 632. The van der Waals surface area contributed by atoms with Crippen LogP contribution in [0.5, 0.6) is 0 Å². The minimum atomic E-state index is -3.48. The fourth-order valence-corrected chi connectivity index (χ4v) is 2.46. The molecule has 0 spiro atoms. The maximum Gasteiger partial charge on any atom is 0.234 e. The van der Waals surface area contributed by atoms with Crippen LogP contribution in [0.25, 0.3) is 0 Å². The van der Waals surface area contributed by atoms with Gasteiger partial charge < -0.3 is 0 Å². The van der Waals surface area contributed by atoms with Crippen LogP contribution < -0.4 is 4.72 Å². The predicted molar refractivity (Wildman–Crippen MR) is 72.4 cm³/mol. The first-order chi connectivity index (χ1) is 9.05. The van der Waals surface area contributed by atoms with Gasteiger partial charge in [0.15, 0.2) is 5.82 Å². The summed E-state index contributed by atoms with van der Waals surface area (Å²) >= 11 is 5.57. The van der Waals surface area contributed by atoms with Crippen LogP contribution in [0.15, 0.2) is 36.8 Å². The minimum Gasteiger partial charge on any atom is -0.266 e. The zero-order chi connectivity index (χ0) is 13.7. The Morgan fingerprint density at radius 1 is 1.16 bits per heavy atom. The van der Waals surface area contributed by atoms with Crippen LogP contribution in [0.2, 0.25) is 5.15 Å². The van der Waals surface area contributed by atoms with Gasteiger partial charge in [0.05, 0.1) is 18.1 Å². The van der Waals surface area contributed by atoms with Crippen LogP contribution in [-0.2, 0) is 16.4 Å². The van der Waals surface area contributed by atoms with Crippen molar-refractivity contribution in [3.05, 3.63) is 47.6 Å². The molecule has 0 aliphatic heterocycles. The highest BCUT2D eigenvalue weighted by molar-refractivity contribution is 7.92. The van der Waals surface area contributed by atoms with Crippen LogP contribution in [0, 0.1) is 0 Å². The Morgan fingerprint density at radius 3 is 2.63 bits per heavy atom. The van der Waals surface area contributed by atoms with Gasteiger partial charge in [0, 0.05) is 18.3 Å². The van der Waals surface area contributed by atoms with Gasteiger partial charge in [0.25, 0.3) is 0 Å². The average Bonchev–Trinajstić information content (AvgIpc) is 2.40. The Kier molecular flexibility index (Phi) is 4.28. The molecule has 0 aliphatic carbocycles. The van der Waals surface area contributed by atoms with E-state index in [1.807, 2.05) is 6.07 Å². The first kappa shape index (κ1) is 13.7. The van der Waals surface area contributed by atoms with Gasteiger partial charge in [-0.3, -0.25) is 9.71 Å². The Hall–Kier alpha value is -1.73. The highest BCUT2D eigenvalue weighted by Crippen LogP contribution is 2.08. The van der Waals surface area contributed by atoms with Crippen molar-refractivity contribution in [2.45, 2.75) is 6.42 Å². The van der Waals surface area contributed by atoms with Gasteiger partial charge in [0.2, 0.25) is 10.0 Å². The topological polar surface area (TPSA) is 84.8 Å². The smallest absolute Gasteiger partial charge is 0.234 e. The van der Waals surface area contributed by atoms with Gasteiger partial charge >= 0.3 is 0 Å². The third-order valence-electron chi connectivity index (χ3n) is 2.23. The summed E-state index contributed by atoms with van der Waals surface area (Å²) in [5.41, 5.74) is 0.718. The van der Waals surface area contributed by atoms with E-state index in [-0.39, 0.29) is 16.7 Å². The minimum absolute atomic E-state index is 0.0751. The maximum absolute atomic E-state index is 11.8. The van der Waals surface area contributed by atoms with Crippen molar-refractivity contribution in [2.75, 3.05) is 10.5 Å². The number of aryl methyl sites for hydroxylation is 1. The summed E-state index contributed by atoms with van der Waals surface area (Å²) in [6.07, 6.45) is 4.50. The van der Waals surface area contributed by atoms with Crippen molar-refractivity contribution < 1.29 is 8.42 Å². The van der Waals surface area contributed by atoms with Gasteiger partial charge in [0.1, 0.15) is 5.15 Å². The predicted octanol–water partition coefficient (Wildman–Crippen LogP) is 1.51. The Balaban J connectivity index is 1.97. The number of nitrogens with zero attached hydrogens (tertiary/aromatic N) is 3. The zero-order valence-electron chi connectivity index (χ0n) is 9.82. The van der Waals surface area contributed by atoms with Crippen molar-refractivity contribution >= 4 is 27.4 Å². The van der Waals surface area contributed by atoms with Crippen LogP contribution in [0.4, 0.5) is 5.82 Å². The molecule has 0 saturated heterocycles. The van der Waals surface area contributed by atoms with Gasteiger partial charge in [-0.25, -0.2) is 18.4 Å². The molecule has 2 heterocycles. The maximum atomic E-state index is 11.8. The summed E-state index contributed by atoms with van der Waals surface area (Å²) in [5.74, 6) is 0.0688. The van der Waals surface area contributed by atoms with Crippen molar-refractivity contribution in [3.8, 4) is 0 Å². The molecule has 2 aromatic rings. The number of sulfonamides is 1. The monoisotopic (exact) mass is 298 g/mol. The van der Waals surface area contributed by atoms with Crippen molar-refractivity contribution in [2.24, 2.45) is 0 Å². The molecule has 0 aliphatic rings. The Morgan fingerprint density at radius 2 is 2.00 bits per heavy atom. The highest BCUT2D eigenvalue weighted by atomic mass is 35.5. The van der Waals surface area contributed by atoms with E-state index >= 15 is 0 Å². The van der Waals surface area contributed by atoms with Gasteiger partial charge in [-0.05, 0) is 12.1 Å². The second-order valence-electron chi connectivity index (χ2n) is 3.72. The molecule has 6 nitrogen and oxygen atoms in total. The van der Waals surface area contributed by atoms with Crippen molar-refractivity contribution in [1.29, 1.82) is 0 Å². The third kappa shape index (κ3) is 4.46. The fraction of sp³-hybridized carbons (Fsp3) is 0.182. The molecule has 0 saturated carbocycles. The second kappa shape index (κ2) is 5.94. The van der Waals surface area contributed by atoms with E-state index in [4.69, 9.17) is 11.6 Å². The molecule has 100 valence electrons. The number of anilines is 1. The first-order valence-electron chi connectivity index (χ1n) is 5.43. The lowest BCUT2D eigenvalue weighted by molar-refractivity contribution is 0.600. The quantitative estimate of drug-likeness (QED) is 0.904. The van der Waals surface area contributed by atoms with Crippen LogP contribution >= 0.6 is 11.6 Å². The third-order valence-corrected chi connectivity index (χ3v) is 3.69. The summed E-state index contributed by atoms with van der Waals surface area (Å²) in [6.45, 7) is 0. The van der Waals surface area contributed by atoms with Gasteiger partial charge in [-0.1, -0.05) is 17.7 Å². The van der Waals surface area contributed by atoms with Crippen LogP contribution in [-0.4, -0.2) is 29.1 Å². The SMILES string of the molecule is O=S(=O)(CCc1ccccn1)Nc1cnc(Cl)cn1. The Labute approximate surface area is 115 Å². The average molecular weight is 299 g/mol. The van der Waals surface area contributed by atoms with Crippen molar-refractivity contribution in [1.82, 2.24) is 15.0 Å². The summed E-state index contributed by atoms with van der Waals surface area (Å²) in [5, 5.41) is 0.205. The summed E-state index contributed by atoms with van der Waals surface area (Å²) in [6, 6.07) is 5.37. The lowest BCUT2D eigenvalue weighted by Crippen LogP contribution is -2.19. The van der Waals surface area contributed by atoms with Crippen LogP contribution in [0.1, 0.15) is 5.69 Å². The number of hydrogen-bond acceptors (Lipinski definition) is 5. The second-order valence-corrected chi connectivity index (χ2v) is 5.95. The fourth-order valence-electron chi connectivity index (χ4n) is 1.36. The molecular weight excluding hydrogens is 288 g/mol. The van der Waals surface area contributed by atoms with E-state index in [2.05, 4.69) is 19.7 Å². The number of pyridine rings is 1. The molecule has 0 atom stereocenters. The van der Waals surface area contributed by atoms with E-state index in [9.17, 15) is 8.42 Å². The van der Waals surface area contributed by atoms with E-state index in [1.54, 1.807) is 18.3 Å². The number of rotatable bonds is 5. The van der Waals surface area contributed by atoms with E-state index in [1.165, 1.54) is 12.4 Å². The van der Waals surface area contributed by atoms with Crippen molar-refractivity contribution in [3.63, 3.8) is 0 Å². The van der Waals surface area contributed by atoms with Gasteiger partial charge in [-0.15, -0.1) is 0 Å². The molecule has 0 fully saturated rings. The first-order valence-corrected chi connectivity index (χ1v) is 7.46. The summed E-state index contributed by atoms with van der Waals surface area (Å²) < 4.78 is 26.0. The molecular formula is C11H11ClN4O2S. The number of halogens is 1. The molecule has 1 N–H and O–H groups in total. The van der Waals surface area contributed by atoms with E-state index in [0.717, 1.165) is 5.69 Å². The lowest BCUT2D eigenvalue weighted by Gasteiger charge is -2.06. The van der Waals surface area contributed by atoms with E-state index < -0.39 is 10.0 Å². The van der Waals surface area contributed by atoms with Gasteiger partial charge in [-0.2, -0.15) is 0 Å². The molecule has 0 radical (unpaired) electrons. The molecule has 2 rings (SSSR count). The standard InChI is InChI=1S/C11H11ClN4O2S/c12-10-7-15-11(8-14-10)16-19(17,18)6-4-9-3-1-2-5-13-9/h1-3,5,7-8H,4,6H2,(H,15,16). The molecule has 2 aromatic heterocycles. The molecule has 8 heteroatoms. The number of aromatic nitrogens is 3. The molecule has 0 bridgehead atoms. The van der Waals surface area contributed by atoms with Crippen LogP contribution in [0.3, 0.4) is 0 Å². The number of hydrogen-bond donors (Lipinski definition) is 1. The molecule has 0 aromatic carbocycles. The number of nitrogens with one attached hydrogen (secondary N) is 1. The molecule has 19 heavy (non-hydrogen) atoms. The highest BCUT2D eigenvalue weighted by Gasteiger charge is 2.12. The molecule has 0 unspecified atom stereocenters. The summed E-state index contributed by atoms with van der Waals surface area (Å²) in [7, 11) is -3.48. The largest absolute Gasteiger partial charge is 0.266 e. The zero-order valence-corrected chi connectivity index (χ0v) is 11.4. The van der Waals surface area contributed by atoms with E-state index in [0.29, 0.717) is 6.42 Å².